The van der Waals surface area contributed by atoms with Gasteiger partial charge in [0.1, 0.15) is 5.56 Å². The number of H-pyrrole nitrogens is 1. The summed E-state index contributed by atoms with van der Waals surface area (Å²) in [6.45, 7) is 1.82. The maximum atomic E-state index is 12.2. The molecule has 0 spiro atoms. The first-order chi connectivity index (χ1) is 9.95. The number of hydrogen-bond acceptors (Lipinski definition) is 7. The van der Waals surface area contributed by atoms with E-state index in [9.17, 15) is 13.2 Å². The van der Waals surface area contributed by atoms with Crippen LogP contribution in [-0.4, -0.2) is 35.6 Å². The van der Waals surface area contributed by atoms with E-state index < -0.39 is 16.0 Å². The van der Waals surface area contributed by atoms with E-state index in [4.69, 9.17) is 4.74 Å². The fraction of sp³-hybridized carbons (Fsp3) is 0.300. The van der Waals surface area contributed by atoms with Gasteiger partial charge >= 0.3 is 5.97 Å². The van der Waals surface area contributed by atoms with E-state index in [1.54, 1.807) is 13.1 Å². The number of sulfonamides is 1. The highest BCUT2D eigenvalue weighted by Gasteiger charge is 2.26. The molecule has 8 nitrogen and oxygen atoms in total. The summed E-state index contributed by atoms with van der Waals surface area (Å²) in [5.74, 6) is -0.745. The highest BCUT2D eigenvalue weighted by molar-refractivity contribution is 9.10. The number of carbonyl (C=O) groups is 1. The van der Waals surface area contributed by atoms with Crippen molar-refractivity contribution >= 4 is 43.5 Å². The Bertz CT molecular complexity index is 740. The molecule has 0 aliphatic heterocycles. The van der Waals surface area contributed by atoms with E-state index in [1.807, 2.05) is 0 Å². The highest BCUT2D eigenvalue weighted by atomic mass is 79.9. The topological polar surface area (TPSA) is 114 Å². The van der Waals surface area contributed by atoms with Crippen molar-refractivity contribution in [2.45, 2.75) is 18.5 Å². The average Bonchev–Trinajstić information content (AvgIpc) is 3.05. The van der Waals surface area contributed by atoms with Gasteiger partial charge in [-0.3, -0.25) is 5.10 Å². The molecule has 0 radical (unpaired) electrons. The van der Waals surface area contributed by atoms with Crippen molar-refractivity contribution in [2.75, 3.05) is 6.61 Å². The van der Waals surface area contributed by atoms with Gasteiger partial charge in [0.2, 0.25) is 0 Å². The van der Waals surface area contributed by atoms with Crippen molar-refractivity contribution in [2.24, 2.45) is 0 Å². The Morgan fingerprint density at radius 1 is 1.52 bits per heavy atom. The fourth-order valence-corrected chi connectivity index (χ4v) is 3.76. The second kappa shape index (κ2) is 6.64. The van der Waals surface area contributed by atoms with Gasteiger partial charge in [-0.15, -0.1) is 0 Å². The Balaban J connectivity index is 2.19. The molecule has 2 aromatic heterocycles. The van der Waals surface area contributed by atoms with Crippen LogP contribution in [-0.2, 0) is 21.3 Å². The molecular weight excluding hydrogens is 384 g/mol. The van der Waals surface area contributed by atoms with Gasteiger partial charge in [-0.25, -0.2) is 17.9 Å². The van der Waals surface area contributed by atoms with Gasteiger partial charge in [0.15, 0.2) is 5.03 Å². The maximum absolute atomic E-state index is 12.2. The molecule has 2 rings (SSSR count). The first-order valence-electron chi connectivity index (χ1n) is 5.75. The number of carbonyl (C=O) groups excluding carboxylic acids is 1. The lowest BCUT2D eigenvalue weighted by Gasteiger charge is -2.06. The zero-order valence-corrected chi connectivity index (χ0v) is 14.0. The fourth-order valence-electron chi connectivity index (χ4n) is 1.43. The molecular formula is C10H11BrN4O4S2. The summed E-state index contributed by atoms with van der Waals surface area (Å²) >= 11 is 4.42. The quantitative estimate of drug-likeness (QED) is 0.713. The molecule has 0 aromatic carbocycles. The number of aromatic nitrogens is 3. The van der Waals surface area contributed by atoms with Crippen molar-refractivity contribution in [3.63, 3.8) is 0 Å². The summed E-state index contributed by atoms with van der Waals surface area (Å²) < 4.78 is 36.2. The number of esters is 1. The van der Waals surface area contributed by atoms with Crippen LogP contribution in [0.15, 0.2) is 21.9 Å². The SMILES string of the molecule is CCOC(=O)c1cn[nH]c1S(=O)(=O)NCc1sncc1Br. The van der Waals surface area contributed by atoms with Crippen LogP contribution in [0.5, 0.6) is 0 Å². The molecule has 114 valence electrons. The van der Waals surface area contributed by atoms with E-state index >= 15 is 0 Å². The maximum Gasteiger partial charge on any atom is 0.342 e. The van der Waals surface area contributed by atoms with Gasteiger partial charge in [-0.05, 0) is 34.4 Å². The lowest BCUT2D eigenvalue weighted by Crippen LogP contribution is -2.25. The van der Waals surface area contributed by atoms with Crippen molar-refractivity contribution in [3.05, 3.63) is 27.3 Å². The Kier molecular flexibility index (Phi) is 5.08. The number of halogens is 1. The minimum absolute atomic E-state index is 0.0505. The van der Waals surface area contributed by atoms with E-state index in [-0.39, 0.29) is 23.7 Å². The third-order valence-electron chi connectivity index (χ3n) is 2.39. The van der Waals surface area contributed by atoms with Crippen LogP contribution in [0.2, 0.25) is 0 Å². The second-order valence-electron chi connectivity index (χ2n) is 3.75. The van der Waals surface area contributed by atoms with Crippen molar-refractivity contribution in [3.8, 4) is 0 Å². The van der Waals surface area contributed by atoms with Crippen LogP contribution < -0.4 is 4.72 Å². The summed E-state index contributed by atoms with van der Waals surface area (Å²) in [5.41, 5.74) is -0.132. The van der Waals surface area contributed by atoms with Gasteiger partial charge in [-0.1, -0.05) is 0 Å². The molecule has 0 unspecified atom stereocenters. The summed E-state index contributed by atoms with van der Waals surface area (Å²) in [7, 11) is -3.91. The standard InChI is InChI=1S/C10H11BrN4O4S2/c1-2-19-10(16)6-3-12-15-9(6)21(17,18)14-5-8-7(11)4-13-20-8/h3-4,14H,2,5H2,1H3,(H,12,15). The minimum Gasteiger partial charge on any atom is -0.462 e. The van der Waals surface area contributed by atoms with E-state index in [2.05, 4.69) is 35.2 Å². The first kappa shape index (κ1) is 16.1. The highest BCUT2D eigenvalue weighted by Crippen LogP contribution is 2.20. The number of aromatic amines is 1. The molecule has 0 amide bonds. The van der Waals surface area contributed by atoms with E-state index in [0.29, 0.717) is 4.47 Å². The molecule has 0 aliphatic carbocycles. The molecule has 0 bridgehead atoms. The number of nitrogens with zero attached hydrogens (tertiary/aromatic N) is 2. The predicted octanol–water partition coefficient (Wildman–Crippen LogP) is 1.28. The number of ether oxygens (including phenoxy) is 1. The minimum atomic E-state index is -3.91. The summed E-state index contributed by atoms with van der Waals surface area (Å²) in [4.78, 5) is 12.4. The third kappa shape index (κ3) is 3.67. The van der Waals surface area contributed by atoms with Crippen molar-refractivity contribution in [1.29, 1.82) is 0 Å². The molecule has 0 aliphatic rings. The monoisotopic (exact) mass is 394 g/mol. The van der Waals surface area contributed by atoms with E-state index in [0.717, 1.165) is 22.6 Å². The predicted molar refractivity (Wildman–Crippen MR) is 78.4 cm³/mol. The molecule has 21 heavy (non-hydrogen) atoms. The van der Waals surface area contributed by atoms with Crippen LogP contribution in [0.3, 0.4) is 0 Å². The lowest BCUT2D eigenvalue weighted by atomic mass is 10.4. The number of hydrogen-bond donors (Lipinski definition) is 2. The van der Waals surface area contributed by atoms with Crippen LogP contribution in [0.1, 0.15) is 22.2 Å². The summed E-state index contributed by atoms with van der Waals surface area (Å²) in [6.07, 6.45) is 2.70. The third-order valence-corrected chi connectivity index (χ3v) is 5.50. The van der Waals surface area contributed by atoms with Gasteiger partial charge in [-0.2, -0.15) is 9.47 Å². The van der Waals surface area contributed by atoms with Crippen LogP contribution in [0, 0.1) is 0 Å². The number of rotatable bonds is 6. The zero-order valence-electron chi connectivity index (χ0n) is 10.8. The summed E-state index contributed by atoms with van der Waals surface area (Å²) in [5, 5.41) is 5.58. The van der Waals surface area contributed by atoms with Crippen molar-refractivity contribution in [1.82, 2.24) is 19.3 Å². The molecule has 2 N–H and O–H groups in total. The van der Waals surface area contributed by atoms with Crippen LogP contribution in [0.25, 0.3) is 0 Å². The largest absolute Gasteiger partial charge is 0.462 e. The van der Waals surface area contributed by atoms with Crippen LogP contribution >= 0.6 is 27.5 Å². The normalized spacial score (nSPS) is 11.5. The molecule has 0 atom stereocenters. The molecule has 0 saturated carbocycles. The molecule has 2 aromatic rings. The second-order valence-corrected chi connectivity index (χ2v) is 7.20. The summed E-state index contributed by atoms with van der Waals surface area (Å²) in [6, 6.07) is 0. The van der Waals surface area contributed by atoms with Gasteiger partial charge in [0, 0.05) is 6.54 Å². The zero-order chi connectivity index (χ0) is 15.5. The van der Waals surface area contributed by atoms with Gasteiger partial charge in [0.25, 0.3) is 10.0 Å². The molecule has 0 saturated heterocycles. The Morgan fingerprint density at radius 3 is 2.90 bits per heavy atom. The van der Waals surface area contributed by atoms with E-state index in [1.165, 1.54) is 0 Å². The van der Waals surface area contributed by atoms with Gasteiger partial charge < -0.3 is 4.74 Å². The molecule has 2 heterocycles. The van der Waals surface area contributed by atoms with Crippen LogP contribution in [0.4, 0.5) is 0 Å². The molecule has 0 fully saturated rings. The Hall–Kier alpha value is -1.30. The number of nitrogens with one attached hydrogen (secondary N) is 2. The molecule has 11 heteroatoms. The average molecular weight is 395 g/mol. The Labute approximate surface area is 133 Å². The lowest BCUT2D eigenvalue weighted by molar-refractivity contribution is 0.0522. The first-order valence-corrected chi connectivity index (χ1v) is 8.80. The van der Waals surface area contributed by atoms with Gasteiger partial charge in [0.05, 0.1) is 28.4 Å². The Morgan fingerprint density at radius 2 is 2.29 bits per heavy atom. The smallest absolute Gasteiger partial charge is 0.342 e. The van der Waals surface area contributed by atoms with Crippen molar-refractivity contribution < 1.29 is 17.9 Å².